The zero-order valence-corrected chi connectivity index (χ0v) is 10.6. The van der Waals surface area contributed by atoms with Gasteiger partial charge in [-0.05, 0) is 6.42 Å². The summed E-state index contributed by atoms with van der Waals surface area (Å²) in [5.41, 5.74) is -3.94. The van der Waals surface area contributed by atoms with E-state index in [1.54, 1.807) is 0 Å². The number of likely N-dealkylation sites (tertiary alicyclic amines) is 1. The van der Waals surface area contributed by atoms with Gasteiger partial charge < -0.3 is 15.0 Å². The van der Waals surface area contributed by atoms with Crippen LogP contribution in [0.25, 0.3) is 0 Å². The zero-order chi connectivity index (χ0) is 15.8. The van der Waals surface area contributed by atoms with Crippen LogP contribution in [0.15, 0.2) is 23.3 Å². The Morgan fingerprint density at radius 1 is 1.38 bits per heavy atom. The molecule has 1 aromatic heterocycles. The van der Waals surface area contributed by atoms with Crippen LogP contribution in [0.4, 0.5) is 13.2 Å². The molecule has 1 saturated heterocycles. The third-order valence-electron chi connectivity index (χ3n) is 3.56. The van der Waals surface area contributed by atoms with Gasteiger partial charge in [0.05, 0.1) is 0 Å². The largest absolute Gasteiger partial charge is 0.481 e. The number of pyridine rings is 1. The monoisotopic (exact) mass is 304 g/mol. The number of aromatic amines is 1. The zero-order valence-electron chi connectivity index (χ0n) is 10.6. The first-order chi connectivity index (χ1) is 9.69. The molecule has 0 spiro atoms. The third kappa shape index (κ3) is 2.39. The molecule has 2 rings (SSSR count). The number of carbonyl (C=O) groups excluding carboxylic acids is 1. The Bertz CT molecular complexity index is 640. The second-order valence-electron chi connectivity index (χ2n) is 4.78. The van der Waals surface area contributed by atoms with Gasteiger partial charge in [0.1, 0.15) is 5.56 Å². The number of aromatic nitrogens is 1. The summed E-state index contributed by atoms with van der Waals surface area (Å²) >= 11 is 0. The van der Waals surface area contributed by atoms with Crippen molar-refractivity contribution in [3.8, 4) is 0 Å². The van der Waals surface area contributed by atoms with Crippen molar-refractivity contribution in [2.24, 2.45) is 5.41 Å². The van der Waals surface area contributed by atoms with E-state index < -0.39 is 41.9 Å². The molecule has 1 fully saturated rings. The van der Waals surface area contributed by atoms with E-state index in [0.717, 1.165) is 17.2 Å². The predicted octanol–water partition coefficient (Wildman–Crippen LogP) is 0.854. The number of hydrogen-bond donors (Lipinski definition) is 2. The van der Waals surface area contributed by atoms with Crippen LogP contribution in [-0.2, 0) is 4.79 Å². The Morgan fingerprint density at radius 3 is 2.52 bits per heavy atom. The minimum atomic E-state index is -4.98. The SMILES string of the molecule is O=C(c1c[nH]ccc1=O)N1CCC(C(=O)O)(C(F)(F)F)C1. The summed E-state index contributed by atoms with van der Waals surface area (Å²) in [7, 11) is 0. The van der Waals surface area contributed by atoms with Crippen LogP contribution in [0.2, 0.25) is 0 Å². The Morgan fingerprint density at radius 2 is 2.05 bits per heavy atom. The highest BCUT2D eigenvalue weighted by Gasteiger charge is 2.64. The Kier molecular flexibility index (Phi) is 3.52. The number of aliphatic carboxylic acids is 1. The molecular formula is C12H11F3N2O4. The maximum Gasteiger partial charge on any atom is 0.406 e. The van der Waals surface area contributed by atoms with Gasteiger partial charge in [-0.2, -0.15) is 13.2 Å². The highest BCUT2D eigenvalue weighted by Crippen LogP contribution is 2.45. The van der Waals surface area contributed by atoms with Crippen LogP contribution in [0, 0.1) is 5.41 Å². The van der Waals surface area contributed by atoms with E-state index in [4.69, 9.17) is 5.11 Å². The molecule has 6 nitrogen and oxygen atoms in total. The lowest BCUT2D eigenvalue weighted by Crippen LogP contribution is -2.48. The van der Waals surface area contributed by atoms with Gasteiger partial charge in [0.25, 0.3) is 5.91 Å². The number of amides is 1. The summed E-state index contributed by atoms with van der Waals surface area (Å²) in [6, 6.07) is 1.07. The van der Waals surface area contributed by atoms with E-state index in [1.807, 2.05) is 0 Å². The van der Waals surface area contributed by atoms with Gasteiger partial charge in [0.15, 0.2) is 10.8 Å². The van der Waals surface area contributed by atoms with Crippen LogP contribution >= 0.6 is 0 Å². The van der Waals surface area contributed by atoms with Gasteiger partial charge in [-0.3, -0.25) is 14.4 Å². The fraction of sp³-hybridized carbons (Fsp3) is 0.417. The fourth-order valence-electron chi connectivity index (χ4n) is 2.26. The maximum absolute atomic E-state index is 13.0. The number of carbonyl (C=O) groups is 2. The summed E-state index contributed by atoms with van der Waals surface area (Å²) in [6.07, 6.45) is -3.35. The second-order valence-corrected chi connectivity index (χ2v) is 4.78. The lowest BCUT2D eigenvalue weighted by molar-refractivity contribution is -0.227. The Hall–Kier alpha value is -2.32. The molecule has 9 heteroatoms. The van der Waals surface area contributed by atoms with Crippen LogP contribution in [0.5, 0.6) is 0 Å². The molecule has 0 bridgehead atoms. The number of carboxylic acids is 1. The normalized spacial score (nSPS) is 22.3. The van der Waals surface area contributed by atoms with Crippen molar-refractivity contribution in [2.45, 2.75) is 12.6 Å². The highest BCUT2D eigenvalue weighted by molar-refractivity contribution is 5.94. The van der Waals surface area contributed by atoms with E-state index in [0.29, 0.717) is 0 Å². The Labute approximate surface area is 116 Å². The van der Waals surface area contributed by atoms with Crippen molar-refractivity contribution < 1.29 is 27.9 Å². The topological polar surface area (TPSA) is 90.5 Å². The number of rotatable bonds is 2. The molecule has 1 amide bonds. The number of H-pyrrole nitrogens is 1. The molecule has 2 N–H and O–H groups in total. The number of carboxylic acid groups (broad SMARTS) is 1. The Balaban J connectivity index is 2.30. The predicted molar refractivity (Wildman–Crippen MR) is 63.7 cm³/mol. The number of halogens is 3. The minimum Gasteiger partial charge on any atom is -0.481 e. The summed E-state index contributed by atoms with van der Waals surface area (Å²) < 4.78 is 39.0. The van der Waals surface area contributed by atoms with Crippen LogP contribution in [0.1, 0.15) is 16.8 Å². The lowest BCUT2D eigenvalue weighted by atomic mass is 9.86. The van der Waals surface area contributed by atoms with Crippen molar-refractivity contribution in [2.75, 3.05) is 13.1 Å². The third-order valence-corrected chi connectivity index (χ3v) is 3.56. The standard InChI is InChI=1S/C12H11F3N2O4/c13-12(14,15)11(10(20)21)2-4-17(6-11)9(19)7-5-16-3-1-8(7)18/h1,3,5H,2,4,6H2,(H,16,18)(H,20,21). The van der Waals surface area contributed by atoms with Crippen molar-refractivity contribution >= 4 is 11.9 Å². The number of nitrogens with zero attached hydrogens (tertiary/aromatic N) is 1. The van der Waals surface area contributed by atoms with E-state index in [1.165, 1.54) is 6.20 Å². The van der Waals surface area contributed by atoms with Crippen LogP contribution in [-0.4, -0.2) is 46.1 Å². The molecule has 0 saturated carbocycles. The lowest BCUT2D eigenvalue weighted by Gasteiger charge is -2.27. The van der Waals surface area contributed by atoms with Gasteiger partial charge in [-0.25, -0.2) is 0 Å². The molecule has 21 heavy (non-hydrogen) atoms. The number of nitrogens with one attached hydrogen (secondary N) is 1. The molecule has 1 unspecified atom stereocenters. The molecule has 1 aromatic rings. The minimum absolute atomic E-state index is 0.319. The van der Waals surface area contributed by atoms with Crippen molar-refractivity contribution in [3.63, 3.8) is 0 Å². The fourth-order valence-corrected chi connectivity index (χ4v) is 2.26. The molecule has 0 aliphatic carbocycles. The van der Waals surface area contributed by atoms with Gasteiger partial charge in [0, 0.05) is 31.5 Å². The molecule has 2 heterocycles. The second kappa shape index (κ2) is 4.90. The summed E-state index contributed by atoms with van der Waals surface area (Å²) in [5, 5.41) is 8.90. The summed E-state index contributed by atoms with van der Waals surface area (Å²) in [5.74, 6) is -2.93. The van der Waals surface area contributed by atoms with E-state index in [2.05, 4.69) is 4.98 Å². The van der Waals surface area contributed by atoms with Gasteiger partial charge in [-0.15, -0.1) is 0 Å². The molecular weight excluding hydrogens is 293 g/mol. The van der Waals surface area contributed by atoms with E-state index in [-0.39, 0.29) is 12.1 Å². The van der Waals surface area contributed by atoms with E-state index in [9.17, 15) is 27.6 Å². The van der Waals surface area contributed by atoms with Crippen LogP contribution < -0.4 is 5.43 Å². The molecule has 0 aromatic carbocycles. The van der Waals surface area contributed by atoms with E-state index >= 15 is 0 Å². The van der Waals surface area contributed by atoms with Gasteiger partial charge in [-0.1, -0.05) is 0 Å². The summed E-state index contributed by atoms with van der Waals surface area (Å²) in [4.78, 5) is 37.8. The average molecular weight is 304 g/mol. The van der Waals surface area contributed by atoms with Gasteiger partial charge >= 0.3 is 12.1 Å². The number of hydrogen-bond acceptors (Lipinski definition) is 3. The molecule has 0 radical (unpaired) electrons. The maximum atomic E-state index is 13.0. The highest BCUT2D eigenvalue weighted by atomic mass is 19.4. The smallest absolute Gasteiger partial charge is 0.406 e. The van der Waals surface area contributed by atoms with Gasteiger partial charge in [0.2, 0.25) is 0 Å². The molecule has 1 atom stereocenters. The average Bonchev–Trinajstić information content (AvgIpc) is 2.84. The van der Waals surface area contributed by atoms with Crippen molar-refractivity contribution in [1.82, 2.24) is 9.88 Å². The first-order valence-electron chi connectivity index (χ1n) is 5.95. The van der Waals surface area contributed by atoms with Crippen molar-refractivity contribution in [1.29, 1.82) is 0 Å². The molecule has 1 aliphatic heterocycles. The molecule has 114 valence electrons. The van der Waals surface area contributed by atoms with Crippen molar-refractivity contribution in [3.05, 3.63) is 34.2 Å². The number of alkyl halides is 3. The van der Waals surface area contributed by atoms with Crippen LogP contribution in [0.3, 0.4) is 0 Å². The first kappa shape index (κ1) is 15.1. The quantitative estimate of drug-likeness (QED) is 0.847. The summed E-state index contributed by atoms with van der Waals surface area (Å²) in [6.45, 7) is -1.38. The molecule has 1 aliphatic rings. The first-order valence-corrected chi connectivity index (χ1v) is 5.95.